The molecule has 1 aliphatic heterocycles. The van der Waals surface area contributed by atoms with Gasteiger partial charge in [-0.2, -0.15) is 0 Å². The fraction of sp³-hybridized carbons (Fsp3) is 0.0270. The molecule has 0 radical (unpaired) electrons. The molecule has 4 aromatic carbocycles. The Morgan fingerprint density at radius 2 is 1.49 bits per heavy atom. The molecule has 1 aliphatic rings. The van der Waals surface area contributed by atoms with Gasteiger partial charge in [-0.15, -0.1) is 0 Å². The van der Waals surface area contributed by atoms with Gasteiger partial charge in [0, 0.05) is 51.6 Å². The lowest BCUT2D eigenvalue weighted by atomic mass is 9.98. The highest BCUT2D eigenvalue weighted by Crippen LogP contribution is 2.39. The number of hydrogen-bond donors (Lipinski definition) is 1. The summed E-state index contributed by atoms with van der Waals surface area (Å²) in [5, 5.41) is 7.14. The van der Waals surface area contributed by atoms with E-state index in [1.165, 1.54) is 43.7 Å². The van der Waals surface area contributed by atoms with Crippen molar-refractivity contribution in [2.24, 2.45) is 0 Å². The van der Waals surface area contributed by atoms with Gasteiger partial charge in [0.1, 0.15) is 0 Å². The van der Waals surface area contributed by atoms with Crippen LogP contribution in [0.2, 0.25) is 0 Å². The third-order valence-corrected chi connectivity index (χ3v) is 8.01. The highest BCUT2D eigenvalue weighted by Gasteiger charge is 2.17. The van der Waals surface area contributed by atoms with Crippen molar-refractivity contribution in [3.8, 4) is 28.1 Å². The van der Waals surface area contributed by atoms with Crippen LogP contribution in [-0.4, -0.2) is 21.1 Å². The zero-order valence-electron chi connectivity index (χ0n) is 22.4. The standard InChI is InChI=1S/C37H26N4/c1-2-6-31(7-3-1)41-36-22-27(25-15-18-38-19-16-25)10-13-33(36)34-14-11-28-20-26(9-12-32(28)37(34)41)29-21-30(24-39-23-29)35-8-4-5-17-40-35/h1-18,20-24,38H,19H2/p+1. The summed E-state index contributed by atoms with van der Waals surface area (Å²) in [7, 11) is 0. The molecule has 0 amide bonds. The zero-order chi connectivity index (χ0) is 27.2. The Morgan fingerprint density at radius 3 is 2.34 bits per heavy atom. The van der Waals surface area contributed by atoms with Crippen molar-refractivity contribution < 1.29 is 5.32 Å². The average molecular weight is 528 g/mol. The van der Waals surface area contributed by atoms with Crippen LogP contribution in [0.5, 0.6) is 0 Å². The number of nitrogens with two attached hydrogens (primary N) is 1. The van der Waals surface area contributed by atoms with Gasteiger partial charge in [-0.3, -0.25) is 9.97 Å². The van der Waals surface area contributed by atoms with Crippen LogP contribution in [-0.2, 0) is 0 Å². The number of rotatable bonds is 4. The second-order valence-corrected chi connectivity index (χ2v) is 10.5. The molecular weight excluding hydrogens is 500 g/mol. The summed E-state index contributed by atoms with van der Waals surface area (Å²) < 4.78 is 2.43. The minimum Gasteiger partial charge on any atom is -0.317 e. The van der Waals surface area contributed by atoms with E-state index in [0.717, 1.165) is 34.6 Å². The molecule has 0 spiro atoms. The van der Waals surface area contributed by atoms with Gasteiger partial charge in [0.15, 0.2) is 0 Å². The smallest absolute Gasteiger partial charge is 0.0993 e. The van der Waals surface area contributed by atoms with Crippen LogP contribution >= 0.6 is 0 Å². The molecule has 0 saturated heterocycles. The maximum absolute atomic E-state index is 4.54. The molecule has 3 aromatic heterocycles. The summed E-state index contributed by atoms with van der Waals surface area (Å²) in [6.07, 6.45) is 12.3. The first-order valence-corrected chi connectivity index (χ1v) is 14.0. The molecule has 0 atom stereocenters. The van der Waals surface area contributed by atoms with Crippen LogP contribution in [0, 0.1) is 0 Å². The second kappa shape index (κ2) is 9.70. The molecule has 4 heteroatoms. The first-order chi connectivity index (χ1) is 20.3. The number of fused-ring (bicyclic) bond motifs is 5. The monoisotopic (exact) mass is 527 g/mol. The zero-order valence-corrected chi connectivity index (χ0v) is 22.4. The summed E-state index contributed by atoms with van der Waals surface area (Å²) in [6.45, 7) is 0.971. The van der Waals surface area contributed by atoms with Crippen molar-refractivity contribution in [1.29, 1.82) is 0 Å². The van der Waals surface area contributed by atoms with E-state index in [1.54, 1.807) is 0 Å². The third kappa shape index (κ3) is 4.05. The first-order valence-electron chi connectivity index (χ1n) is 14.0. The normalized spacial score (nSPS) is 13.2. The molecule has 0 bridgehead atoms. The van der Waals surface area contributed by atoms with Gasteiger partial charge >= 0.3 is 0 Å². The second-order valence-electron chi connectivity index (χ2n) is 10.5. The van der Waals surface area contributed by atoms with E-state index in [9.17, 15) is 0 Å². The largest absolute Gasteiger partial charge is 0.317 e. The topological polar surface area (TPSA) is 47.3 Å². The molecular formula is C37H27N4+. The molecule has 8 rings (SSSR count). The molecule has 4 nitrogen and oxygen atoms in total. The molecule has 0 aliphatic carbocycles. The molecule has 41 heavy (non-hydrogen) atoms. The van der Waals surface area contributed by atoms with Crippen molar-refractivity contribution >= 4 is 38.2 Å². The van der Waals surface area contributed by atoms with E-state index < -0.39 is 0 Å². The fourth-order valence-electron chi connectivity index (χ4n) is 6.04. The van der Waals surface area contributed by atoms with Crippen LogP contribution in [0.1, 0.15) is 5.56 Å². The number of benzene rings is 4. The molecule has 7 aromatic rings. The number of pyridine rings is 2. The Bertz CT molecular complexity index is 2140. The molecule has 2 N–H and O–H groups in total. The minimum absolute atomic E-state index is 0.925. The van der Waals surface area contributed by atoms with Gasteiger partial charge in [-0.1, -0.05) is 60.7 Å². The van der Waals surface area contributed by atoms with Crippen molar-refractivity contribution in [2.45, 2.75) is 0 Å². The van der Waals surface area contributed by atoms with Gasteiger partial charge in [0.25, 0.3) is 0 Å². The van der Waals surface area contributed by atoms with Crippen LogP contribution in [0.4, 0.5) is 0 Å². The molecule has 4 heterocycles. The molecule has 0 fully saturated rings. The van der Waals surface area contributed by atoms with Gasteiger partial charge in [-0.05, 0) is 76.7 Å². The minimum atomic E-state index is 0.925. The molecule has 194 valence electrons. The number of hydrogen-bond acceptors (Lipinski definition) is 2. The van der Waals surface area contributed by atoms with Gasteiger partial charge in [-0.25, -0.2) is 0 Å². The van der Waals surface area contributed by atoms with Crippen LogP contribution in [0.15, 0.2) is 140 Å². The van der Waals surface area contributed by atoms with Crippen molar-refractivity contribution in [1.82, 2.24) is 14.5 Å². The van der Waals surface area contributed by atoms with Crippen LogP contribution in [0.3, 0.4) is 0 Å². The predicted molar refractivity (Wildman–Crippen MR) is 169 cm³/mol. The van der Waals surface area contributed by atoms with Gasteiger partial charge in [0.05, 0.1) is 29.5 Å². The maximum Gasteiger partial charge on any atom is 0.0993 e. The number of quaternary nitrogens is 1. The summed E-state index contributed by atoms with van der Waals surface area (Å²) in [6, 6.07) is 37.0. The summed E-state index contributed by atoms with van der Waals surface area (Å²) >= 11 is 0. The highest BCUT2D eigenvalue weighted by atomic mass is 15.0. The average Bonchev–Trinajstić information content (AvgIpc) is 3.40. The van der Waals surface area contributed by atoms with Crippen LogP contribution < -0.4 is 5.32 Å². The Morgan fingerprint density at radius 1 is 0.659 bits per heavy atom. The van der Waals surface area contributed by atoms with Crippen molar-refractivity contribution in [3.05, 3.63) is 146 Å². The SMILES string of the molecule is C1=CC(c2ccc3c4ccc5cc(-c6cncc(-c7ccccn7)c6)ccc5c4n(-c4ccccc4)c3c2)=CC[NH2+]1. The van der Waals surface area contributed by atoms with Gasteiger partial charge in [0.2, 0.25) is 0 Å². The van der Waals surface area contributed by atoms with E-state index in [1.807, 2.05) is 36.8 Å². The van der Waals surface area contributed by atoms with E-state index in [4.69, 9.17) is 0 Å². The summed E-state index contributed by atoms with van der Waals surface area (Å²) in [5.74, 6) is 0. The lowest BCUT2D eigenvalue weighted by molar-refractivity contribution is -0.578. The Kier molecular flexibility index (Phi) is 5.57. The summed E-state index contributed by atoms with van der Waals surface area (Å²) in [4.78, 5) is 9.05. The van der Waals surface area contributed by atoms with E-state index in [2.05, 4.69) is 123 Å². The number of aromatic nitrogens is 3. The Labute approximate surface area is 237 Å². The van der Waals surface area contributed by atoms with Crippen LogP contribution in [0.25, 0.3) is 66.2 Å². The third-order valence-electron chi connectivity index (χ3n) is 8.01. The number of nitrogens with zero attached hydrogens (tertiary/aromatic N) is 3. The first kappa shape index (κ1) is 23.6. The van der Waals surface area contributed by atoms with Crippen molar-refractivity contribution in [3.63, 3.8) is 0 Å². The quantitative estimate of drug-likeness (QED) is 0.257. The highest BCUT2D eigenvalue weighted by molar-refractivity contribution is 6.19. The van der Waals surface area contributed by atoms with E-state index in [-0.39, 0.29) is 0 Å². The predicted octanol–water partition coefficient (Wildman–Crippen LogP) is 7.54. The maximum atomic E-state index is 4.54. The fourth-order valence-corrected chi connectivity index (χ4v) is 6.04. The Hall–Kier alpha value is -5.32. The molecule has 0 unspecified atom stereocenters. The van der Waals surface area contributed by atoms with Gasteiger partial charge < -0.3 is 9.88 Å². The van der Waals surface area contributed by atoms with Crippen molar-refractivity contribution in [2.75, 3.05) is 6.54 Å². The summed E-state index contributed by atoms with van der Waals surface area (Å²) in [5.41, 5.74) is 10.3. The van der Waals surface area contributed by atoms with E-state index >= 15 is 0 Å². The lowest BCUT2D eigenvalue weighted by Crippen LogP contribution is -2.78. The number of allylic oxidation sites excluding steroid dienone is 2. The van der Waals surface area contributed by atoms with E-state index in [0.29, 0.717) is 0 Å². The Balaban J connectivity index is 1.34. The number of para-hydroxylation sites is 1. The lowest BCUT2D eigenvalue weighted by Gasteiger charge is -2.12. The molecule has 0 saturated carbocycles.